The predicted octanol–water partition coefficient (Wildman–Crippen LogP) is 2.50. The molecule has 0 aliphatic carbocycles. The first kappa shape index (κ1) is 23.4. The highest BCUT2D eigenvalue weighted by Gasteiger charge is 2.20. The number of aliphatic imine (C=N–C) groups is 1. The third-order valence-electron chi connectivity index (χ3n) is 5.82. The first-order chi connectivity index (χ1) is 13.2. The molecule has 1 aromatic rings. The fraction of sp³-hybridized carbons (Fsp3) is 0.800. The van der Waals surface area contributed by atoms with Crippen molar-refractivity contribution >= 4 is 29.9 Å². The van der Waals surface area contributed by atoms with E-state index in [2.05, 4.69) is 37.1 Å². The molecule has 7 nitrogen and oxygen atoms in total. The Hall–Kier alpha value is -0.870. The largest absolute Gasteiger partial charge is 0.364 e. The Morgan fingerprint density at radius 3 is 2.54 bits per heavy atom. The molecular weight excluding hydrogens is 467 g/mol. The van der Waals surface area contributed by atoms with E-state index in [9.17, 15) is 0 Å². The van der Waals surface area contributed by atoms with Crippen molar-refractivity contribution in [3.63, 3.8) is 0 Å². The fourth-order valence-corrected chi connectivity index (χ4v) is 3.94. The van der Waals surface area contributed by atoms with E-state index in [1.165, 1.54) is 45.3 Å². The molecule has 0 amide bonds. The number of nitrogens with zero attached hydrogens (tertiary/aromatic N) is 5. The molecule has 160 valence electrons. The maximum atomic E-state index is 4.92. The summed E-state index contributed by atoms with van der Waals surface area (Å²) in [5.74, 6) is 1.96. The van der Waals surface area contributed by atoms with Crippen LogP contribution in [0.2, 0.25) is 0 Å². The van der Waals surface area contributed by atoms with Gasteiger partial charge in [0.25, 0.3) is 0 Å². The fourth-order valence-electron chi connectivity index (χ4n) is 3.94. The van der Waals surface area contributed by atoms with Gasteiger partial charge >= 0.3 is 0 Å². The molecule has 0 spiro atoms. The van der Waals surface area contributed by atoms with Crippen molar-refractivity contribution in [2.24, 2.45) is 10.9 Å². The Kier molecular flexibility index (Phi) is 10.6. The molecule has 2 fully saturated rings. The normalized spacial score (nSPS) is 20.2. The monoisotopic (exact) mass is 504 g/mol. The molecule has 0 saturated carbocycles. The first-order valence-electron chi connectivity index (χ1n) is 10.5. The van der Waals surface area contributed by atoms with Gasteiger partial charge in [0.05, 0.1) is 5.69 Å². The Bertz CT molecular complexity index is 551. The third kappa shape index (κ3) is 7.51. The molecule has 2 aliphatic heterocycles. The van der Waals surface area contributed by atoms with Crippen molar-refractivity contribution in [3.05, 3.63) is 18.0 Å². The van der Waals surface area contributed by atoms with Crippen molar-refractivity contribution in [1.82, 2.24) is 25.2 Å². The Morgan fingerprint density at radius 2 is 1.89 bits per heavy atom. The highest BCUT2D eigenvalue weighted by Crippen LogP contribution is 2.16. The van der Waals surface area contributed by atoms with Crippen molar-refractivity contribution in [2.45, 2.75) is 39.2 Å². The van der Waals surface area contributed by atoms with Crippen LogP contribution in [0.4, 0.5) is 0 Å². The lowest BCUT2D eigenvalue weighted by atomic mass is 9.99. The topological polar surface area (TPSA) is 60.1 Å². The van der Waals surface area contributed by atoms with Crippen LogP contribution in [0, 0.1) is 5.92 Å². The summed E-state index contributed by atoms with van der Waals surface area (Å²) < 4.78 is 4.92. The zero-order valence-corrected chi connectivity index (χ0v) is 19.8. The number of likely N-dealkylation sites (tertiary alicyclic amines) is 1. The molecule has 3 heterocycles. The molecule has 3 rings (SSSR count). The van der Waals surface area contributed by atoms with E-state index in [1.54, 1.807) is 6.26 Å². The van der Waals surface area contributed by atoms with E-state index >= 15 is 0 Å². The maximum Gasteiger partial charge on any atom is 0.193 e. The summed E-state index contributed by atoms with van der Waals surface area (Å²) in [5, 5.41) is 7.56. The lowest BCUT2D eigenvalue weighted by Gasteiger charge is -2.36. The zero-order valence-electron chi connectivity index (χ0n) is 17.5. The second-order valence-corrected chi connectivity index (χ2v) is 7.96. The minimum absolute atomic E-state index is 0. The van der Waals surface area contributed by atoms with Crippen LogP contribution in [-0.2, 0) is 6.54 Å². The quantitative estimate of drug-likeness (QED) is 0.267. The lowest BCUT2D eigenvalue weighted by Crippen LogP contribution is -2.52. The Morgan fingerprint density at radius 1 is 1.14 bits per heavy atom. The molecule has 8 heteroatoms. The van der Waals surface area contributed by atoms with Crippen LogP contribution in [0.25, 0.3) is 0 Å². The Balaban J connectivity index is 0.00000280. The molecule has 1 aromatic heterocycles. The summed E-state index contributed by atoms with van der Waals surface area (Å²) in [7, 11) is 1.89. The molecule has 2 saturated heterocycles. The first-order valence-corrected chi connectivity index (χ1v) is 10.5. The van der Waals surface area contributed by atoms with E-state index in [4.69, 9.17) is 4.52 Å². The summed E-state index contributed by atoms with van der Waals surface area (Å²) in [6.45, 7) is 12.1. The summed E-state index contributed by atoms with van der Waals surface area (Å²) in [5.41, 5.74) is 1.01. The number of halogens is 1. The van der Waals surface area contributed by atoms with Gasteiger partial charge in [0.1, 0.15) is 6.26 Å². The minimum Gasteiger partial charge on any atom is -0.364 e. The van der Waals surface area contributed by atoms with Gasteiger partial charge in [-0.2, -0.15) is 0 Å². The van der Waals surface area contributed by atoms with Gasteiger partial charge in [-0.25, -0.2) is 0 Å². The summed E-state index contributed by atoms with van der Waals surface area (Å²) in [4.78, 5) is 11.9. The molecule has 0 bridgehead atoms. The van der Waals surface area contributed by atoms with E-state index in [-0.39, 0.29) is 24.0 Å². The SMILES string of the molecule is CN=C(NCCCCN1CCC(C)CC1)N1CCN(Cc2ccon2)CC1.I. The van der Waals surface area contributed by atoms with Crippen LogP contribution < -0.4 is 5.32 Å². The second-order valence-electron chi connectivity index (χ2n) is 7.96. The minimum atomic E-state index is 0. The smallest absolute Gasteiger partial charge is 0.193 e. The maximum absolute atomic E-state index is 4.92. The number of nitrogens with one attached hydrogen (secondary N) is 1. The number of rotatable bonds is 7. The van der Waals surface area contributed by atoms with E-state index in [1.807, 2.05) is 13.1 Å². The number of hydrogen-bond donors (Lipinski definition) is 1. The predicted molar refractivity (Wildman–Crippen MR) is 124 cm³/mol. The average molecular weight is 504 g/mol. The third-order valence-corrected chi connectivity index (χ3v) is 5.82. The summed E-state index contributed by atoms with van der Waals surface area (Å²) in [6, 6.07) is 1.94. The van der Waals surface area contributed by atoms with Gasteiger partial charge in [0.2, 0.25) is 0 Å². The van der Waals surface area contributed by atoms with Gasteiger partial charge in [0.15, 0.2) is 5.96 Å². The van der Waals surface area contributed by atoms with E-state index in [0.29, 0.717) is 0 Å². The van der Waals surface area contributed by atoms with Crippen LogP contribution in [0.5, 0.6) is 0 Å². The van der Waals surface area contributed by atoms with E-state index < -0.39 is 0 Å². The molecule has 28 heavy (non-hydrogen) atoms. The zero-order chi connectivity index (χ0) is 18.9. The van der Waals surface area contributed by atoms with Gasteiger partial charge in [0, 0.05) is 52.4 Å². The molecular formula is C20H37IN6O. The second kappa shape index (κ2) is 12.6. The highest BCUT2D eigenvalue weighted by molar-refractivity contribution is 14.0. The lowest BCUT2D eigenvalue weighted by molar-refractivity contribution is 0.169. The van der Waals surface area contributed by atoms with Crippen molar-refractivity contribution in [3.8, 4) is 0 Å². The van der Waals surface area contributed by atoms with Gasteiger partial charge in [-0.15, -0.1) is 24.0 Å². The average Bonchev–Trinajstić information content (AvgIpc) is 3.20. The van der Waals surface area contributed by atoms with Crippen LogP contribution in [-0.4, -0.2) is 85.2 Å². The van der Waals surface area contributed by atoms with Crippen LogP contribution in [0.1, 0.15) is 38.3 Å². The van der Waals surface area contributed by atoms with Gasteiger partial charge in [-0.05, 0) is 51.2 Å². The van der Waals surface area contributed by atoms with Gasteiger partial charge in [-0.1, -0.05) is 12.1 Å². The summed E-state index contributed by atoms with van der Waals surface area (Å²) in [6.07, 6.45) is 6.85. The molecule has 2 aliphatic rings. The van der Waals surface area contributed by atoms with Crippen molar-refractivity contribution in [1.29, 1.82) is 0 Å². The van der Waals surface area contributed by atoms with Crippen LogP contribution >= 0.6 is 24.0 Å². The standard InChI is InChI=1S/C20H36N6O.HI/c1-18-5-10-24(11-6-18)9-4-3-8-22-20(21-2)26-14-12-25(13-15-26)17-19-7-16-27-23-19;/h7,16,18H,3-6,8-15,17H2,1-2H3,(H,21,22);1H. The molecule has 1 N–H and O–H groups in total. The number of aromatic nitrogens is 1. The number of hydrogen-bond acceptors (Lipinski definition) is 5. The number of piperidine rings is 1. The molecule has 0 aromatic carbocycles. The van der Waals surface area contributed by atoms with E-state index in [0.717, 1.165) is 56.8 Å². The van der Waals surface area contributed by atoms with Gasteiger partial charge in [-0.3, -0.25) is 9.89 Å². The number of unbranched alkanes of at least 4 members (excludes halogenated alkanes) is 1. The molecule has 0 unspecified atom stereocenters. The van der Waals surface area contributed by atoms with Crippen LogP contribution in [0.3, 0.4) is 0 Å². The molecule has 0 radical (unpaired) electrons. The Labute approximate surface area is 186 Å². The summed E-state index contributed by atoms with van der Waals surface area (Å²) >= 11 is 0. The molecule has 0 atom stereocenters. The number of piperazine rings is 1. The highest BCUT2D eigenvalue weighted by atomic mass is 127. The van der Waals surface area contributed by atoms with Crippen molar-refractivity contribution < 1.29 is 4.52 Å². The van der Waals surface area contributed by atoms with Gasteiger partial charge < -0.3 is 19.6 Å². The van der Waals surface area contributed by atoms with Crippen molar-refractivity contribution in [2.75, 3.05) is 59.4 Å². The number of guanidine groups is 1. The van der Waals surface area contributed by atoms with Crippen LogP contribution in [0.15, 0.2) is 21.8 Å².